The van der Waals surface area contributed by atoms with Gasteiger partial charge in [-0.05, 0) is 43.3 Å². The van der Waals surface area contributed by atoms with Crippen molar-refractivity contribution in [2.45, 2.75) is 13.5 Å². The van der Waals surface area contributed by atoms with Crippen LogP contribution in [0.5, 0.6) is 5.75 Å². The number of hydrogen-bond acceptors (Lipinski definition) is 4. The van der Waals surface area contributed by atoms with Crippen molar-refractivity contribution in [3.63, 3.8) is 0 Å². The Morgan fingerprint density at radius 1 is 0.967 bits per heavy atom. The second-order valence-electron chi connectivity index (χ2n) is 6.89. The number of imidazole rings is 2. The van der Waals surface area contributed by atoms with Gasteiger partial charge < -0.3 is 9.14 Å². The molecule has 148 valence electrons. The molecule has 5 aromatic rings. The van der Waals surface area contributed by atoms with Gasteiger partial charge in [0.25, 0.3) is 0 Å². The van der Waals surface area contributed by atoms with Crippen LogP contribution in [0.4, 0.5) is 4.39 Å². The first-order valence-corrected chi connectivity index (χ1v) is 9.50. The third-order valence-electron chi connectivity index (χ3n) is 4.74. The van der Waals surface area contributed by atoms with E-state index in [0.717, 1.165) is 22.7 Å². The van der Waals surface area contributed by atoms with E-state index in [-0.39, 0.29) is 12.4 Å². The smallest absolute Gasteiger partial charge is 0.165 e. The minimum absolute atomic E-state index is 0.139. The molecular formula is C23H18FN5O. The largest absolute Gasteiger partial charge is 0.484 e. The maximum Gasteiger partial charge on any atom is 0.165 e. The molecule has 5 rings (SSSR count). The van der Waals surface area contributed by atoms with Crippen molar-refractivity contribution >= 4 is 5.65 Å². The number of benzene rings is 1. The Bertz CT molecular complexity index is 1340. The van der Waals surface area contributed by atoms with Crippen molar-refractivity contribution in [1.82, 2.24) is 23.9 Å². The van der Waals surface area contributed by atoms with Gasteiger partial charge in [0.1, 0.15) is 17.9 Å². The minimum Gasteiger partial charge on any atom is -0.484 e. The number of hydrogen-bond donors (Lipinski definition) is 0. The number of aryl methyl sites for hydroxylation is 1. The molecule has 0 aliphatic rings. The fourth-order valence-electron chi connectivity index (χ4n) is 3.31. The number of halogens is 1. The standard InChI is InChI=1S/C23H18FN5O/c1-16-5-4-7-20(26-16)23-27-17(15-30-21-8-3-2-6-19(21)24)13-29(23)18-9-10-22-25-11-12-28(22)14-18/h2-14H,15H2,1H3. The van der Waals surface area contributed by atoms with E-state index in [1.165, 1.54) is 6.07 Å². The van der Waals surface area contributed by atoms with Gasteiger partial charge in [-0.3, -0.25) is 4.57 Å². The molecule has 7 heteroatoms. The average Bonchev–Trinajstić information content (AvgIpc) is 3.39. The topological polar surface area (TPSA) is 57.2 Å². The maximum atomic E-state index is 13.9. The summed E-state index contributed by atoms with van der Waals surface area (Å²) >= 11 is 0. The lowest BCUT2D eigenvalue weighted by Crippen LogP contribution is -2.00. The molecule has 0 fully saturated rings. The van der Waals surface area contributed by atoms with Crippen molar-refractivity contribution in [2.24, 2.45) is 0 Å². The summed E-state index contributed by atoms with van der Waals surface area (Å²) in [7, 11) is 0. The molecule has 0 N–H and O–H groups in total. The maximum absolute atomic E-state index is 13.9. The molecule has 0 aliphatic heterocycles. The predicted octanol–water partition coefficient (Wildman–Crippen LogP) is 4.61. The number of aromatic nitrogens is 5. The van der Waals surface area contributed by atoms with Gasteiger partial charge in [-0.25, -0.2) is 19.3 Å². The SMILES string of the molecule is Cc1cccc(-c2nc(COc3ccccc3F)cn2-c2ccc3nccn3c2)n1. The molecule has 0 amide bonds. The van der Waals surface area contributed by atoms with Gasteiger partial charge in [-0.1, -0.05) is 18.2 Å². The minimum atomic E-state index is -0.400. The number of fused-ring (bicyclic) bond motifs is 1. The van der Waals surface area contributed by atoms with Gasteiger partial charge in [0.05, 0.1) is 11.4 Å². The first-order chi connectivity index (χ1) is 14.7. The van der Waals surface area contributed by atoms with Crippen molar-refractivity contribution in [1.29, 1.82) is 0 Å². The van der Waals surface area contributed by atoms with E-state index < -0.39 is 5.82 Å². The summed E-state index contributed by atoms with van der Waals surface area (Å²) in [5.74, 6) is 0.482. The second kappa shape index (κ2) is 7.44. The molecule has 0 saturated heterocycles. The van der Waals surface area contributed by atoms with Gasteiger partial charge in [0, 0.05) is 30.5 Å². The van der Waals surface area contributed by atoms with E-state index in [4.69, 9.17) is 9.72 Å². The van der Waals surface area contributed by atoms with Gasteiger partial charge in [-0.2, -0.15) is 0 Å². The van der Waals surface area contributed by atoms with Crippen molar-refractivity contribution in [3.8, 4) is 23.0 Å². The summed E-state index contributed by atoms with van der Waals surface area (Å²) in [6, 6.07) is 16.1. The fraction of sp³-hybridized carbons (Fsp3) is 0.0870. The van der Waals surface area contributed by atoms with E-state index in [1.807, 2.05) is 64.8 Å². The molecule has 0 unspecified atom stereocenters. The van der Waals surface area contributed by atoms with Gasteiger partial charge in [0.2, 0.25) is 0 Å². The second-order valence-corrected chi connectivity index (χ2v) is 6.89. The Morgan fingerprint density at radius 3 is 2.73 bits per heavy atom. The zero-order valence-corrected chi connectivity index (χ0v) is 16.2. The fourth-order valence-corrected chi connectivity index (χ4v) is 3.31. The molecule has 6 nitrogen and oxygen atoms in total. The highest BCUT2D eigenvalue weighted by molar-refractivity contribution is 5.56. The summed E-state index contributed by atoms with van der Waals surface area (Å²) in [6.07, 6.45) is 7.51. The summed E-state index contributed by atoms with van der Waals surface area (Å²) in [4.78, 5) is 13.7. The molecule has 0 saturated carbocycles. The summed E-state index contributed by atoms with van der Waals surface area (Å²) in [5, 5.41) is 0. The van der Waals surface area contributed by atoms with Crippen LogP contribution in [0, 0.1) is 12.7 Å². The summed E-state index contributed by atoms with van der Waals surface area (Å²) < 4.78 is 23.5. The van der Waals surface area contributed by atoms with Crippen LogP contribution in [0.25, 0.3) is 22.9 Å². The van der Waals surface area contributed by atoms with Crippen LogP contribution in [-0.2, 0) is 6.61 Å². The molecule has 0 aliphatic carbocycles. The molecule has 4 aromatic heterocycles. The van der Waals surface area contributed by atoms with E-state index in [1.54, 1.807) is 24.4 Å². The average molecular weight is 399 g/mol. The Hall–Kier alpha value is -4.00. The van der Waals surface area contributed by atoms with Gasteiger partial charge in [0.15, 0.2) is 17.4 Å². The molecule has 30 heavy (non-hydrogen) atoms. The molecule has 0 bridgehead atoms. The highest BCUT2D eigenvalue weighted by atomic mass is 19.1. The Balaban J connectivity index is 1.56. The van der Waals surface area contributed by atoms with Crippen LogP contribution in [0.3, 0.4) is 0 Å². The van der Waals surface area contributed by atoms with Crippen LogP contribution in [0.2, 0.25) is 0 Å². The Morgan fingerprint density at radius 2 is 1.87 bits per heavy atom. The molecule has 0 spiro atoms. The third kappa shape index (κ3) is 3.41. The number of ether oxygens (including phenoxy) is 1. The van der Waals surface area contributed by atoms with E-state index in [2.05, 4.69) is 9.97 Å². The Labute approximate surface area is 172 Å². The quantitative estimate of drug-likeness (QED) is 0.433. The lowest BCUT2D eigenvalue weighted by Gasteiger charge is -2.08. The molecule has 1 aromatic carbocycles. The lowest BCUT2D eigenvalue weighted by atomic mass is 10.3. The van der Waals surface area contributed by atoms with Crippen molar-refractivity contribution in [3.05, 3.63) is 96.6 Å². The normalized spacial score (nSPS) is 11.1. The zero-order chi connectivity index (χ0) is 20.5. The van der Waals surface area contributed by atoms with Crippen LogP contribution < -0.4 is 4.74 Å². The highest BCUT2D eigenvalue weighted by Gasteiger charge is 2.15. The highest BCUT2D eigenvalue weighted by Crippen LogP contribution is 2.24. The van der Waals surface area contributed by atoms with E-state index in [9.17, 15) is 4.39 Å². The van der Waals surface area contributed by atoms with Crippen LogP contribution in [0.15, 0.2) is 79.4 Å². The van der Waals surface area contributed by atoms with Crippen LogP contribution in [-0.4, -0.2) is 23.9 Å². The summed E-state index contributed by atoms with van der Waals surface area (Å²) in [6.45, 7) is 2.08. The molecular weight excluding hydrogens is 381 g/mol. The lowest BCUT2D eigenvalue weighted by molar-refractivity contribution is 0.286. The summed E-state index contributed by atoms with van der Waals surface area (Å²) in [5.41, 5.74) is 4.08. The molecule has 4 heterocycles. The van der Waals surface area contributed by atoms with Crippen LogP contribution in [0.1, 0.15) is 11.4 Å². The van der Waals surface area contributed by atoms with Gasteiger partial charge >= 0.3 is 0 Å². The third-order valence-corrected chi connectivity index (χ3v) is 4.74. The number of rotatable bonds is 5. The first kappa shape index (κ1) is 18.1. The van der Waals surface area contributed by atoms with Crippen molar-refractivity contribution < 1.29 is 9.13 Å². The number of para-hydroxylation sites is 1. The first-order valence-electron chi connectivity index (χ1n) is 9.50. The predicted molar refractivity (Wildman–Crippen MR) is 111 cm³/mol. The molecule has 0 atom stereocenters. The van der Waals surface area contributed by atoms with Gasteiger partial charge in [-0.15, -0.1) is 0 Å². The number of nitrogens with zero attached hydrogens (tertiary/aromatic N) is 5. The monoisotopic (exact) mass is 399 g/mol. The zero-order valence-electron chi connectivity index (χ0n) is 16.2. The van der Waals surface area contributed by atoms with Crippen molar-refractivity contribution in [2.75, 3.05) is 0 Å². The number of pyridine rings is 2. The van der Waals surface area contributed by atoms with E-state index in [0.29, 0.717) is 11.5 Å². The molecule has 0 radical (unpaired) electrons. The van der Waals surface area contributed by atoms with Crippen LogP contribution >= 0.6 is 0 Å². The Kier molecular flexibility index (Phi) is 4.48. The van der Waals surface area contributed by atoms with E-state index >= 15 is 0 Å².